The van der Waals surface area contributed by atoms with Crippen LogP contribution in [-0.2, 0) is 10.8 Å². The molecule has 2 heteroatoms. The van der Waals surface area contributed by atoms with Gasteiger partial charge in [0.15, 0.2) is 0 Å². The number of ether oxygens (including phenoxy) is 1. The highest BCUT2D eigenvalue weighted by molar-refractivity contribution is 5.52. The summed E-state index contributed by atoms with van der Waals surface area (Å²) in [6.07, 6.45) is 0. The van der Waals surface area contributed by atoms with Crippen molar-refractivity contribution in [1.29, 1.82) is 0 Å². The summed E-state index contributed by atoms with van der Waals surface area (Å²) in [4.78, 5) is 0. The monoisotopic (exact) mass is 297 g/mol. The molecule has 0 fully saturated rings. The van der Waals surface area contributed by atoms with Gasteiger partial charge in [-0.25, -0.2) is 0 Å². The first-order valence-electron chi connectivity index (χ1n) is 7.61. The van der Waals surface area contributed by atoms with Crippen LogP contribution in [-0.4, -0.2) is 5.11 Å². The van der Waals surface area contributed by atoms with Gasteiger partial charge in [0.05, 0.1) is 0 Å². The van der Waals surface area contributed by atoms with Crippen LogP contribution in [0, 0.1) is 6.07 Å². The van der Waals surface area contributed by atoms with E-state index in [2.05, 4.69) is 47.6 Å². The summed E-state index contributed by atoms with van der Waals surface area (Å²) in [7, 11) is 0. The van der Waals surface area contributed by atoms with E-state index in [1.165, 1.54) is 0 Å². The SMILES string of the molecule is CC(C)(C)c1cc(Oc2cc[c]cc2)cc(C(C)(C)C)c1O. The molecule has 0 spiro atoms. The highest BCUT2D eigenvalue weighted by Crippen LogP contribution is 2.42. The molecule has 0 heterocycles. The van der Waals surface area contributed by atoms with Crippen LogP contribution in [0.25, 0.3) is 0 Å². The minimum absolute atomic E-state index is 0.159. The average Bonchev–Trinajstić information content (AvgIpc) is 2.39. The van der Waals surface area contributed by atoms with Gasteiger partial charge in [-0.1, -0.05) is 53.7 Å². The highest BCUT2D eigenvalue weighted by Gasteiger charge is 2.27. The fraction of sp³-hybridized carbons (Fsp3) is 0.400. The molecule has 0 aliphatic rings. The van der Waals surface area contributed by atoms with Crippen LogP contribution in [0.1, 0.15) is 52.7 Å². The van der Waals surface area contributed by atoms with Gasteiger partial charge in [0.2, 0.25) is 0 Å². The maximum atomic E-state index is 10.7. The molecule has 2 rings (SSSR count). The van der Waals surface area contributed by atoms with Gasteiger partial charge in [-0.3, -0.25) is 0 Å². The van der Waals surface area contributed by atoms with Crippen molar-refractivity contribution in [2.45, 2.75) is 52.4 Å². The van der Waals surface area contributed by atoms with Crippen LogP contribution in [0.4, 0.5) is 0 Å². The van der Waals surface area contributed by atoms with Crippen LogP contribution < -0.4 is 4.74 Å². The van der Waals surface area contributed by atoms with Crippen LogP contribution in [0.5, 0.6) is 17.2 Å². The number of benzene rings is 2. The standard InChI is InChI=1S/C20H25O2/c1-19(2,3)16-12-15(22-14-10-8-7-9-11-14)13-17(18(16)21)20(4,5)6/h8-13,21H,1-6H3. The summed E-state index contributed by atoms with van der Waals surface area (Å²) in [6, 6.07) is 14.2. The van der Waals surface area contributed by atoms with Crippen LogP contribution in [0.2, 0.25) is 0 Å². The molecule has 0 unspecified atom stereocenters. The molecule has 22 heavy (non-hydrogen) atoms. The second kappa shape index (κ2) is 5.68. The number of hydrogen-bond donors (Lipinski definition) is 1. The van der Waals surface area contributed by atoms with Crippen molar-refractivity contribution in [2.24, 2.45) is 0 Å². The molecule has 0 saturated carbocycles. The first kappa shape index (κ1) is 16.4. The second-order valence-electron chi connectivity index (χ2n) is 7.70. The number of aromatic hydroxyl groups is 1. The molecule has 1 N–H and O–H groups in total. The third kappa shape index (κ3) is 3.62. The lowest BCUT2D eigenvalue weighted by Crippen LogP contribution is -2.17. The summed E-state index contributed by atoms with van der Waals surface area (Å²) < 4.78 is 5.97. The summed E-state index contributed by atoms with van der Waals surface area (Å²) in [5, 5.41) is 10.7. The lowest BCUT2D eigenvalue weighted by Gasteiger charge is -2.28. The molecule has 2 nitrogen and oxygen atoms in total. The molecule has 2 aromatic rings. The van der Waals surface area contributed by atoms with Gasteiger partial charge in [-0.15, -0.1) is 0 Å². The predicted octanol–water partition coefficient (Wildman–Crippen LogP) is 5.58. The van der Waals surface area contributed by atoms with Crippen molar-refractivity contribution >= 4 is 0 Å². The quantitative estimate of drug-likeness (QED) is 0.784. The molecule has 1 radical (unpaired) electrons. The van der Waals surface area contributed by atoms with Gasteiger partial charge < -0.3 is 9.84 Å². The maximum absolute atomic E-state index is 10.7. The minimum Gasteiger partial charge on any atom is -0.507 e. The Bertz CT molecular complexity index is 609. The Balaban J connectivity index is 2.56. The fourth-order valence-electron chi connectivity index (χ4n) is 2.39. The van der Waals surface area contributed by atoms with Crippen LogP contribution in [0.3, 0.4) is 0 Å². The molecule has 0 atom stereocenters. The third-order valence-corrected chi connectivity index (χ3v) is 3.62. The molecular formula is C20H25O2. The largest absolute Gasteiger partial charge is 0.507 e. The van der Waals surface area contributed by atoms with Gasteiger partial charge in [0.1, 0.15) is 17.2 Å². The number of hydrogen-bond acceptors (Lipinski definition) is 2. The Morgan fingerprint density at radius 1 is 0.818 bits per heavy atom. The fourth-order valence-corrected chi connectivity index (χ4v) is 2.39. The van der Waals surface area contributed by atoms with Gasteiger partial charge in [-0.05, 0) is 41.2 Å². The number of rotatable bonds is 2. The van der Waals surface area contributed by atoms with E-state index in [9.17, 15) is 5.11 Å². The first-order valence-corrected chi connectivity index (χ1v) is 7.61. The van der Waals surface area contributed by atoms with E-state index in [0.29, 0.717) is 5.75 Å². The Kier molecular flexibility index (Phi) is 4.23. The zero-order chi connectivity index (χ0) is 16.5. The van der Waals surface area contributed by atoms with Crippen molar-refractivity contribution < 1.29 is 9.84 Å². The van der Waals surface area contributed by atoms with E-state index in [4.69, 9.17) is 4.74 Å². The lowest BCUT2D eigenvalue weighted by atomic mass is 9.79. The molecule has 0 aliphatic carbocycles. The van der Waals surface area contributed by atoms with Crippen molar-refractivity contribution in [3.8, 4) is 17.2 Å². The lowest BCUT2D eigenvalue weighted by molar-refractivity contribution is 0.415. The van der Waals surface area contributed by atoms with Crippen LogP contribution >= 0.6 is 0 Å². The third-order valence-electron chi connectivity index (χ3n) is 3.62. The van der Waals surface area contributed by atoms with Crippen molar-refractivity contribution in [3.05, 3.63) is 53.6 Å². The molecule has 0 aliphatic heterocycles. The van der Waals surface area contributed by atoms with E-state index >= 15 is 0 Å². The van der Waals surface area contributed by atoms with E-state index in [1.807, 2.05) is 36.4 Å². The van der Waals surface area contributed by atoms with Gasteiger partial charge >= 0.3 is 0 Å². The van der Waals surface area contributed by atoms with Crippen LogP contribution in [0.15, 0.2) is 36.4 Å². The average molecular weight is 297 g/mol. The Morgan fingerprint density at radius 3 is 1.68 bits per heavy atom. The van der Waals surface area contributed by atoms with E-state index in [1.54, 1.807) is 0 Å². The first-order chi connectivity index (χ1) is 10.1. The Hall–Kier alpha value is -1.96. The van der Waals surface area contributed by atoms with Gasteiger partial charge in [-0.2, -0.15) is 0 Å². The van der Waals surface area contributed by atoms with Crippen molar-refractivity contribution in [3.63, 3.8) is 0 Å². The number of phenols is 1. The normalized spacial score (nSPS) is 12.3. The Morgan fingerprint density at radius 2 is 1.27 bits per heavy atom. The highest BCUT2D eigenvalue weighted by atomic mass is 16.5. The van der Waals surface area contributed by atoms with E-state index < -0.39 is 0 Å². The molecule has 0 saturated heterocycles. The van der Waals surface area contributed by atoms with Gasteiger partial charge in [0, 0.05) is 11.1 Å². The van der Waals surface area contributed by atoms with Crippen molar-refractivity contribution in [1.82, 2.24) is 0 Å². The summed E-state index contributed by atoms with van der Waals surface area (Å²) in [5.41, 5.74) is 1.48. The van der Waals surface area contributed by atoms with E-state index in [-0.39, 0.29) is 10.8 Å². The number of phenolic OH excluding ortho intramolecular Hbond substituents is 1. The second-order valence-corrected chi connectivity index (χ2v) is 7.70. The molecule has 2 aromatic carbocycles. The zero-order valence-corrected chi connectivity index (χ0v) is 14.3. The zero-order valence-electron chi connectivity index (χ0n) is 14.3. The minimum atomic E-state index is -0.159. The maximum Gasteiger partial charge on any atom is 0.128 e. The molecule has 0 aromatic heterocycles. The van der Waals surface area contributed by atoms with Gasteiger partial charge in [0.25, 0.3) is 0 Å². The predicted molar refractivity (Wildman–Crippen MR) is 90.9 cm³/mol. The summed E-state index contributed by atoms with van der Waals surface area (Å²) in [5.74, 6) is 1.89. The Labute approximate surface area is 133 Å². The van der Waals surface area contributed by atoms with Crippen molar-refractivity contribution in [2.75, 3.05) is 0 Å². The molecule has 0 bridgehead atoms. The summed E-state index contributed by atoms with van der Waals surface area (Å²) >= 11 is 0. The summed E-state index contributed by atoms with van der Waals surface area (Å²) in [6.45, 7) is 12.6. The molecular weight excluding hydrogens is 272 g/mol. The molecule has 117 valence electrons. The topological polar surface area (TPSA) is 29.5 Å². The van der Waals surface area contributed by atoms with E-state index in [0.717, 1.165) is 22.6 Å². The smallest absolute Gasteiger partial charge is 0.128 e. The molecule has 0 amide bonds.